The van der Waals surface area contributed by atoms with Gasteiger partial charge in [0, 0.05) is 35.8 Å². The topological polar surface area (TPSA) is 90.4 Å². The highest BCUT2D eigenvalue weighted by molar-refractivity contribution is 8.02. The van der Waals surface area contributed by atoms with Gasteiger partial charge in [0.05, 0.1) is 35.8 Å². The summed E-state index contributed by atoms with van der Waals surface area (Å²) in [5.74, 6) is -2.22. The smallest absolute Gasteiger partial charge is 0.311 e. The van der Waals surface area contributed by atoms with Gasteiger partial charge in [-0.2, -0.15) is 0 Å². The van der Waals surface area contributed by atoms with Crippen molar-refractivity contribution in [1.29, 1.82) is 0 Å². The SMILES string of the molecule is C=CCCOC(=O)[C@H]1[C@H]2C(=O)N([C@@H](CO)[C@@H](C)CC)C(C(=O)N(CC=C)c3ccc(N(CC)CC)cc3)C23CC[C@]1(C)S3. The molecule has 7 atom stereocenters. The van der Waals surface area contributed by atoms with E-state index in [2.05, 4.69) is 31.9 Å². The molecular formula is C34H49N3O5S. The largest absolute Gasteiger partial charge is 0.465 e. The first-order valence-corrected chi connectivity index (χ1v) is 16.6. The number of nitrogens with zero attached hydrogens (tertiary/aromatic N) is 3. The Labute approximate surface area is 261 Å². The molecule has 2 amide bonds. The second-order valence-corrected chi connectivity index (χ2v) is 14.2. The van der Waals surface area contributed by atoms with Crippen LogP contribution in [0.4, 0.5) is 11.4 Å². The van der Waals surface area contributed by atoms with Crippen LogP contribution < -0.4 is 9.80 Å². The lowest BCUT2D eigenvalue weighted by Crippen LogP contribution is -2.58. The van der Waals surface area contributed by atoms with Crippen LogP contribution in [-0.4, -0.2) is 82.2 Å². The number of benzene rings is 1. The predicted molar refractivity (Wildman–Crippen MR) is 174 cm³/mol. The monoisotopic (exact) mass is 611 g/mol. The molecule has 0 aromatic heterocycles. The van der Waals surface area contributed by atoms with Gasteiger partial charge in [-0.25, -0.2) is 0 Å². The summed E-state index contributed by atoms with van der Waals surface area (Å²) in [7, 11) is 0. The maximum atomic E-state index is 14.9. The van der Waals surface area contributed by atoms with E-state index < -0.39 is 33.4 Å². The number of thioether (sulfide) groups is 1. The average Bonchev–Trinajstić information content (AvgIpc) is 3.57. The molecule has 2 unspecified atom stereocenters. The number of rotatable bonds is 15. The number of hydrogen-bond acceptors (Lipinski definition) is 7. The lowest BCUT2D eigenvalue weighted by Gasteiger charge is -2.41. The minimum atomic E-state index is -0.837. The van der Waals surface area contributed by atoms with Crippen LogP contribution in [0.15, 0.2) is 49.6 Å². The molecule has 2 bridgehead atoms. The third-order valence-electron chi connectivity index (χ3n) is 9.98. The number of aliphatic hydroxyl groups is 1. The van der Waals surface area contributed by atoms with Crippen LogP contribution in [0.2, 0.25) is 0 Å². The molecule has 0 radical (unpaired) electrons. The van der Waals surface area contributed by atoms with Gasteiger partial charge in [-0.15, -0.1) is 24.9 Å². The van der Waals surface area contributed by atoms with Crippen LogP contribution in [0, 0.1) is 17.8 Å². The summed E-state index contributed by atoms with van der Waals surface area (Å²) >= 11 is 1.62. The van der Waals surface area contributed by atoms with Gasteiger partial charge < -0.3 is 24.5 Å². The van der Waals surface area contributed by atoms with E-state index in [1.54, 1.807) is 33.7 Å². The molecule has 1 N–H and O–H groups in total. The maximum absolute atomic E-state index is 14.9. The highest BCUT2D eigenvalue weighted by atomic mass is 32.2. The van der Waals surface area contributed by atoms with Gasteiger partial charge in [-0.1, -0.05) is 32.4 Å². The van der Waals surface area contributed by atoms with Crippen LogP contribution >= 0.6 is 11.8 Å². The number of fused-ring (bicyclic) bond motifs is 1. The Balaban J connectivity index is 1.80. The van der Waals surface area contributed by atoms with Gasteiger partial charge in [0.2, 0.25) is 5.91 Å². The van der Waals surface area contributed by atoms with E-state index in [1.165, 1.54) is 0 Å². The lowest BCUT2D eigenvalue weighted by molar-refractivity contribution is -0.156. The fraction of sp³-hybridized carbons (Fsp3) is 0.618. The minimum absolute atomic E-state index is 0.0449. The second-order valence-electron chi connectivity index (χ2n) is 12.3. The number of carbonyl (C=O) groups excluding carboxylic acids is 3. The molecule has 0 saturated carbocycles. The van der Waals surface area contributed by atoms with E-state index in [1.807, 2.05) is 45.0 Å². The van der Waals surface area contributed by atoms with Crippen LogP contribution in [0.25, 0.3) is 0 Å². The van der Waals surface area contributed by atoms with E-state index in [0.29, 0.717) is 19.3 Å². The van der Waals surface area contributed by atoms with Crippen molar-refractivity contribution in [2.75, 3.05) is 42.6 Å². The molecule has 1 aromatic carbocycles. The lowest BCUT2D eigenvalue weighted by atomic mass is 9.66. The van der Waals surface area contributed by atoms with Crippen molar-refractivity contribution in [3.63, 3.8) is 0 Å². The fourth-order valence-corrected chi connectivity index (χ4v) is 9.86. The molecule has 0 aliphatic carbocycles. The first-order chi connectivity index (χ1) is 20.6. The number of aliphatic hydroxyl groups excluding tert-OH is 1. The van der Waals surface area contributed by atoms with Crippen molar-refractivity contribution in [3.05, 3.63) is 49.6 Å². The minimum Gasteiger partial charge on any atom is -0.465 e. The third kappa shape index (κ3) is 5.63. The molecule has 1 aromatic rings. The molecule has 3 aliphatic heterocycles. The summed E-state index contributed by atoms with van der Waals surface area (Å²) < 4.78 is 4.35. The van der Waals surface area contributed by atoms with Gasteiger partial charge in [-0.05, 0) is 70.2 Å². The zero-order chi connectivity index (χ0) is 31.5. The number of ether oxygens (including phenoxy) is 1. The second kappa shape index (κ2) is 13.5. The number of anilines is 2. The van der Waals surface area contributed by atoms with Crippen molar-refractivity contribution >= 4 is 40.9 Å². The molecule has 236 valence electrons. The Hall–Kier alpha value is -2.78. The fourth-order valence-electron chi connectivity index (χ4n) is 7.54. The molecular weight excluding hydrogens is 562 g/mol. The first-order valence-electron chi connectivity index (χ1n) is 15.8. The Morgan fingerprint density at radius 3 is 2.35 bits per heavy atom. The van der Waals surface area contributed by atoms with Crippen molar-refractivity contribution in [1.82, 2.24) is 4.90 Å². The third-order valence-corrected chi connectivity index (χ3v) is 12.0. The molecule has 3 heterocycles. The zero-order valence-corrected chi connectivity index (χ0v) is 27.3. The molecule has 3 saturated heterocycles. The van der Waals surface area contributed by atoms with Gasteiger partial charge in [0.1, 0.15) is 6.04 Å². The Morgan fingerprint density at radius 1 is 1.14 bits per heavy atom. The summed E-state index contributed by atoms with van der Waals surface area (Å²) in [6.45, 7) is 19.9. The first kappa shape index (κ1) is 33.1. The summed E-state index contributed by atoms with van der Waals surface area (Å²) in [4.78, 5) is 48.7. The molecule has 8 nitrogen and oxygen atoms in total. The van der Waals surface area contributed by atoms with Crippen molar-refractivity contribution in [2.24, 2.45) is 17.8 Å². The van der Waals surface area contributed by atoms with E-state index >= 15 is 0 Å². The summed E-state index contributed by atoms with van der Waals surface area (Å²) in [5.41, 5.74) is 1.80. The maximum Gasteiger partial charge on any atom is 0.311 e. The Bertz CT molecular complexity index is 1200. The highest BCUT2D eigenvalue weighted by Gasteiger charge is 2.78. The molecule has 9 heteroatoms. The standard InChI is InChI=1S/C34H49N3O5S/c1-8-13-21-42-32(41)28-27-30(39)37(26(22-38)23(6)10-3)29(34(27)19-18-33(28,7)43-34)31(40)36(20-9-2)25-16-14-24(15-17-25)35(11-4)12-5/h8-9,14-17,23,26-29,38H,1-2,10-13,18-22H2,3-7H3/t23-,26-,27-,28+,29?,33-,34?/m0/s1. The number of esters is 1. The number of likely N-dealkylation sites (tertiary alicyclic amines) is 1. The number of amides is 2. The van der Waals surface area contributed by atoms with Gasteiger partial charge in [-0.3, -0.25) is 14.4 Å². The summed E-state index contributed by atoms with van der Waals surface area (Å²) in [5, 5.41) is 10.6. The van der Waals surface area contributed by atoms with E-state index in [0.717, 1.165) is 30.9 Å². The molecule has 43 heavy (non-hydrogen) atoms. The predicted octanol–water partition coefficient (Wildman–Crippen LogP) is 5.06. The van der Waals surface area contributed by atoms with Gasteiger partial charge in [0.25, 0.3) is 5.91 Å². The van der Waals surface area contributed by atoms with Crippen LogP contribution in [0.1, 0.15) is 60.3 Å². The van der Waals surface area contributed by atoms with Crippen LogP contribution in [-0.2, 0) is 19.1 Å². The molecule has 3 aliphatic rings. The zero-order valence-electron chi connectivity index (χ0n) is 26.5. The number of hydrogen-bond donors (Lipinski definition) is 1. The average molecular weight is 612 g/mol. The van der Waals surface area contributed by atoms with E-state index in [4.69, 9.17) is 4.74 Å². The van der Waals surface area contributed by atoms with Gasteiger partial charge in [0.15, 0.2) is 0 Å². The van der Waals surface area contributed by atoms with E-state index in [9.17, 15) is 19.5 Å². The Morgan fingerprint density at radius 2 is 1.79 bits per heavy atom. The van der Waals surface area contributed by atoms with Crippen LogP contribution in [0.3, 0.4) is 0 Å². The van der Waals surface area contributed by atoms with Crippen molar-refractivity contribution in [3.8, 4) is 0 Å². The molecule has 3 fully saturated rings. The van der Waals surface area contributed by atoms with E-state index in [-0.39, 0.29) is 43.5 Å². The Kier molecular flexibility index (Phi) is 10.4. The van der Waals surface area contributed by atoms with Crippen molar-refractivity contribution < 1.29 is 24.2 Å². The van der Waals surface area contributed by atoms with Crippen LogP contribution in [0.5, 0.6) is 0 Å². The van der Waals surface area contributed by atoms with Crippen molar-refractivity contribution in [2.45, 2.75) is 81.9 Å². The normalized spacial score (nSPS) is 28.7. The van der Waals surface area contributed by atoms with Gasteiger partial charge >= 0.3 is 5.97 Å². The molecule has 4 rings (SSSR count). The summed E-state index contributed by atoms with van der Waals surface area (Å²) in [6, 6.07) is 6.55. The quantitative estimate of drug-likeness (QED) is 0.169. The summed E-state index contributed by atoms with van der Waals surface area (Å²) in [6.07, 6.45) is 6.00. The molecule has 1 spiro atoms. The number of carbonyl (C=O) groups is 3. The highest BCUT2D eigenvalue weighted by Crippen LogP contribution is 2.72.